The summed E-state index contributed by atoms with van der Waals surface area (Å²) < 4.78 is 63.4. The molecule has 0 unspecified atom stereocenters. The van der Waals surface area contributed by atoms with Crippen LogP contribution < -0.4 is 5.32 Å². The summed E-state index contributed by atoms with van der Waals surface area (Å²) in [6.07, 6.45) is -4.55. The van der Waals surface area contributed by atoms with Gasteiger partial charge in [-0.25, -0.2) is 8.78 Å². The van der Waals surface area contributed by atoms with Crippen molar-refractivity contribution in [3.05, 3.63) is 29.6 Å². The van der Waals surface area contributed by atoms with E-state index in [0.717, 1.165) is 0 Å². The molecule has 0 saturated heterocycles. The van der Waals surface area contributed by atoms with E-state index in [1.54, 1.807) is 0 Å². The van der Waals surface area contributed by atoms with E-state index in [9.17, 15) is 22.0 Å². The molecule has 0 fully saturated rings. The van der Waals surface area contributed by atoms with Gasteiger partial charge in [-0.05, 0) is 32.0 Å². The standard InChI is InChI=1S/C11H12F5N/c1-10(2,13)6-17-9-5-7(11(14,15)16)3-4-8(9)12/h3-5,17H,6H2,1-2H3. The Hall–Kier alpha value is -1.33. The van der Waals surface area contributed by atoms with Gasteiger partial charge in [0.25, 0.3) is 0 Å². The normalized spacial score (nSPS) is 12.6. The van der Waals surface area contributed by atoms with Crippen LogP contribution in [0.5, 0.6) is 0 Å². The molecule has 1 aromatic rings. The van der Waals surface area contributed by atoms with Crippen LogP contribution in [0.4, 0.5) is 27.6 Å². The topological polar surface area (TPSA) is 12.0 Å². The van der Waals surface area contributed by atoms with Crippen LogP contribution >= 0.6 is 0 Å². The highest BCUT2D eigenvalue weighted by molar-refractivity contribution is 5.48. The van der Waals surface area contributed by atoms with Crippen molar-refractivity contribution in [3.8, 4) is 0 Å². The molecule has 1 nitrogen and oxygen atoms in total. The van der Waals surface area contributed by atoms with Gasteiger partial charge in [0.05, 0.1) is 11.3 Å². The number of alkyl halides is 4. The summed E-state index contributed by atoms with van der Waals surface area (Å²) in [6, 6.07) is 1.97. The Kier molecular flexibility index (Phi) is 3.64. The maximum Gasteiger partial charge on any atom is 0.416 e. The molecule has 0 aliphatic rings. The first-order chi connectivity index (χ1) is 7.59. The van der Waals surface area contributed by atoms with Gasteiger partial charge in [0.1, 0.15) is 11.5 Å². The van der Waals surface area contributed by atoms with Crippen molar-refractivity contribution in [1.29, 1.82) is 0 Å². The second-order valence-electron chi connectivity index (χ2n) is 4.26. The van der Waals surface area contributed by atoms with E-state index in [-0.39, 0.29) is 12.2 Å². The number of anilines is 1. The monoisotopic (exact) mass is 253 g/mol. The van der Waals surface area contributed by atoms with E-state index in [2.05, 4.69) is 5.32 Å². The molecule has 0 spiro atoms. The number of halogens is 5. The maximum absolute atomic E-state index is 13.2. The van der Waals surface area contributed by atoms with Crippen LogP contribution in [-0.4, -0.2) is 12.2 Å². The summed E-state index contributed by atoms with van der Waals surface area (Å²) in [4.78, 5) is 0. The first-order valence-electron chi connectivity index (χ1n) is 4.89. The Morgan fingerprint density at radius 2 is 1.71 bits per heavy atom. The SMILES string of the molecule is CC(C)(F)CNc1cc(C(F)(F)F)ccc1F. The van der Waals surface area contributed by atoms with Crippen LogP contribution in [-0.2, 0) is 6.18 Å². The number of hydrogen-bond donors (Lipinski definition) is 1. The van der Waals surface area contributed by atoms with Crippen LogP contribution in [0.25, 0.3) is 0 Å². The van der Waals surface area contributed by atoms with Crippen LogP contribution in [0.2, 0.25) is 0 Å². The lowest BCUT2D eigenvalue weighted by atomic mass is 10.1. The molecule has 1 N–H and O–H groups in total. The molecule has 0 bridgehead atoms. The van der Waals surface area contributed by atoms with E-state index in [1.165, 1.54) is 13.8 Å². The lowest BCUT2D eigenvalue weighted by molar-refractivity contribution is -0.137. The zero-order chi connectivity index (χ0) is 13.3. The summed E-state index contributed by atoms with van der Waals surface area (Å²) in [5.74, 6) is -0.845. The van der Waals surface area contributed by atoms with Gasteiger partial charge in [0, 0.05) is 6.54 Å². The first kappa shape index (κ1) is 13.7. The zero-order valence-corrected chi connectivity index (χ0v) is 9.33. The lowest BCUT2D eigenvalue weighted by Gasteiger charge is -2.17. The minimum absolute atomic E-state index is 0.273. The molecular weight excluding hydrogens is 241 g/mol. The van der Waals surface area contributed by atoms with E-state index >= 15 is 0 Å². The molecular formula is C11H12F5N. The van der Waals surface area contributed by atoms with Gasteiger partial charge in [0.2, 0.25) is 0 Å². The van der Waals surface area contributed by atoms with Crippen molar-refractivity contribution < 1.29 is 22.0 Å². The maximum atomic E-state index is 13.2. The summed E-state index contributed by atoms with van der Waals surface area (Å²) in [7, 11) is 0. The van der Waals surface area contributed by atoms with Gasteiger partial charge in [-0.15, -0.1) is 0 Å². The molecule has 0 aliphatic carbocycles. The molecule has 96 valence electrons. The fraction of sp³-hybridized carbons (Fsp3) is 0.455. The summed E-state index contributed by atoms with van der Waals surface area (Å²) in [5, 5.41) is 2.32. The largest absolute Gasteiger partial charge is 0.416 e. The zero-order valence-electron chi connectivity index (χ0n) is 9.33. The lowest BCUT2D eigenvalue weighted by Crippen LogP contribution is -2.25. The number of rotatable bonds is 3. The second kappa shape index (κ2) is 4.50. The number of hydrogen-bond acceptors (Lipinski definition) is 1. The van der Waals surface area contributed by atoms with Gasteiger partial charge in [-0.1, -0.05) is 0 Å². The molecule has 1 aromatic carbocycles. The predicted molar refractivity (Wildman–Crippen MR) is 55.1 cm³/mol. The first-order valence-corrected chi connectivity index (χ1v) is 4.89. The summed E-state index contributed by atoms with van der Waals surface area (Å²) >= 11 is 0. The molecule has 17 heavy (non-hydrogen) atoms. The third-order valence-corrected chi connectivity index (χ3v) is 1.99. The predicted octanol–water partition coefficient (Wildman–Crippen LogP) is 4.00. The molecule has 0 atom stereocenters. The molecule has 1 rings (SSSR count). The highest BCUT2D eigenvalue weighted by Gasteiger charge is 2.31. The van der Waals surface area contributed by atoms with E-state index < -0.39 is 23.2 Å². The Morgan fingerprint density at radius 1 is 1.12 bits per heavy atom. The third-order valence-electron chi connectivity index (χ3n) is 1.99. The van der Waals surface area contributed by atoms with Crippen molar-refractivity contribution in [2.24, 2.45) is 0 Å². The van der Waals surface area contributed by atoms with Crippen molar-refractivity contribution >= 4 is 5.69 Å². The third kappa shape index (κ3) is 4.20. The quantitative estimate of drug-likeness (QED) is 0.803. The number of nitrogens with one attached hydrogen (secondary N) is 1. The fourth-order valence-corrected chi connectivity index (χ4v) is 1.14. The molecule has 0 heterocycles. The molecule has 6 heteroatoms. The van der Waals surface area contributed by atoms with Crippen LogP contribution in [0.1, 0.15) is 19.4 Å². The van der Waals surface area contributed by atoms with E-state index in [4.69, 9.17) is 0 Å². The van der Waals surface area contributed by atoms with Crippen LogP contribution in [0, 0.1) is 5.82 Å². The second-order valence-corrected chi connectivity index (χ2v) is 4.26. The summed E-state index contributed by atoms with van der Waals surface area (Å²) in [6.45, 7) is 2.21. The van der Waals surface area contributed by atoms with E-state index in [0.29, 0.717) is 18.2 Å². The van der Waals surface area contributed by atoms with Crippen LogP contribution in [0.3, 0.4) is 0 Å². The van der Waals surface area contributed by atoms with Gasteiger partial charge in [-0.2, -0.15) is 13.2 Å². The van der Waals surface area contributed by atoms with Gasteiger partial charge < -0.3 is 5.32 Å². The molecule has 0 aliphatic heterocycles. The van der Waals surface area contributed by atoms with Gasteiger partial charge >= 0.3 is 6.18 Å². The fourth-order valence-electron chi connectivity index (χ4n) is 1.14. The van der Waals surface area contributed by atoms with Crippen molar-refractivity contribution in [2.75, 3.05) is 11.9 Å². The smallest absolute Gasteiger partial charge is 0.379 e. The van der Waals surface area contributed by atoms with Gasteiger partial charge in [0.15, 0.2) is 0 Å². The van der Waals surface area contributed by atoms with E-state index in [1.807, 2.05) is 0 Å². The Bertz CT molecular complexity index is 392. The Labute approximate surface area is 95.6 Å². The highest BCUT2D eigenvalue weighted by Crippen LogP contribution is 2.31. The minimum atomic E-state index is -4.55. The average molecular weight is 253 g/mol. The van der Waals surface area contributed by atoms with Crippen molar-refractivity contribution in [2.45, 2.75) is 25.7 Å². The Morgan fingerprint density at radius 3 is 2.18 bits per heavy atom. The van der Waals surface area contributed by atoms with Crippen molar-refractivity contribution in [1.82, 2.24) is 0 Å². The average Bonchev–Trinajstić information content (AvgIpc) is 2.13. The Balaban J connectivity index is 2.92. The molecule has 0 saturated carbocycles. The van der Waals surface area contributed by atoms with Crippen LogP contribution in [0.15, 0.2) is 18.2 Å². The highest BCUT2D eigenvalue weighted by atomic mass is 19.4. The number of benzene rings is 1. The molecule has 0 aromatic heterocycles. The minimum Gasteiger partial charge on any atom is -0.379 e. The van der Waals surface area contributed by atoms with Gasteiger partial charge in [-0.3, -0.25) is 0 Å². The molecule has 0 radical (unpaired) electrons. The molecule has 0 amide bonds. The summed E-state index contributed by atoms with van der Waals surface area (Å²) in [5.41, 5.74) is -2.97. The van der Waals surface area contributed by atoms with Crippen molar-refractivity contribution in [3.63, 3.8) is 0 Å².